The lowest BCUT2D eigenvalue weighted by Crippen LogP contribution is -2.46. The maximum absolute atomic E-state index is 12.6. The van der Waals surface area contributed by atoms with E-state index < -0.39 is 0 Å². The predicted octanol–water partition coefficient (Wildman–Crippen LogP) is 1.39. The van der Waals surface area contributed by atoms with E-state index in [1.807, 2.05) is 32.0 Å². The number of nitrogens with zero attached hydrogens (tertiary/aromatic N) is 6. The number of rotatable bonds is 4. The zero-order valence-electron chi connectivity index (χ0n) is 17.1. The van der Waals surface area contributed by atoms with E-state index in [4.69, 9.17) is 0 Å². The van der Waals surface area contributed by atoms with Gasteiger partial charge in [0.15, 0.2) is 0 Å². The van der Waals surface area contributed by atoms with Crippen LogP contribution < -0.4 is 16.0 Å². The Kier molecular flexibility index (Phi) is 5.19. The van der Waals surface area contributed by atoms with Crippen LogP contribution in [-0.2, 0) is 13.6 Å². The Morgan fingerprint density at radius 1 is 1.00 bits per heavy atom. The first-order chi connectivity index (χ1) is 13.9. The second kappa shape index (κ2) is 7.79. The second-order valence-corrected chi connectivity index (χ2v) is 7.84. The van der Waals surface area contributed by atoms with Crippen LogP contribution in [0.5, 0.6) is 0 Å². The van der Waals surface area contributed by atoms with E-state index in [-0.39, 0.29) is 17.2 Å². The fraction of sp³-hybridized carbons (Fsp3) is 0.429. The smallest absolute Gasteiger partial charge is 0.261 e. The molecular formula is C21H26N6O2. The first kappa shape index (κ1) is 19.3. The van der Waals surface area contributed by atoms with Gasteiger partial charge in [-0.05, 0) is 32.0 Å². The Morgan fingerprint density at radius 3 is 2.45 bits per heavy atom. The summed E-state index contributed by atoms with van der Waals surface area (Å²) in [6.07, 6.45) is 3.21. The summed E-state index contributed by atoms with van der Waals surface area (Å²) in [5, 5.41) is 0.653. The van der Waals surface area contributed by atoms with Gasteiger partial charge >= 0.3 is 0 Å². The molecule has 2 aromatic heterocycles. The molecule has 0 bridgehead atoms. The van der Waals surface area contributed by atoms with Crippen LogP contribution >= 0.6 is 0 Å². The summed E-state index contributed by atoms with van der Waals surface area (Å²) in [6.45, 7) is 8.16. The van der Waals surface area contributed by atoms with Crippen LogP contribution in [0.4, 0.5) is 5.69 Å². The summed E-state index contributed by atoms with van der Waals surface area (Å²) >= 11 is 0. The molecule has 8 heteroatoms. The van der Waals surface area contributed by atoms with Gasteiger partial charge in [0.05, 0.1) is 29.3 Å². The molecular weight excluding hydrogens is 368 g/mol. The molecule has 152 valence electrons. The molecule has 1 fully saturated rings. The third kappa shape index (κ3) is 3.93. The Morgan fingerprint density at radius 2 is 1.76 bits per heavy atom. The Labute approximate surface area is 169 Å². The van der Waals surface area contributed by atoms with Gasteiger partial charge in [-0.1, -0.05) is 0 Å². The van der Waals surface area contributed by atoms with E-state index in [1.54, 1.807) is 30.3 Å². The number of hydrogen-bond acceptors (Lipinski definition) is 6. The normalized spacial score (nSPS) is 15.4. The van der Waals surface area contributed by atoms with Crippen molar-refractivity contribution in [1.82, 2.24) is 24.0 Å². The van der Waals surface area contributed by atoms with E-state index >= 15 is 0 Å². The van der Waals surface area contributed by atoms with E-state index in [0.717, 1.165) is 43.1 Å². The lowest BCUT2D eigenvalue weighted by atomic mass is 10.2. The number of hydrogen-bond donors (Lipinski definition) is 0. The highest BCUT2D eigenvalue weighted by Gasteiger charge is 2.19. The second-order valence-electron chi connectivity index (χ2n) is 7.84. The van der Waals surface area contributed by atoms with Crippen molar-refractivity contribution < 1.29 is 0 Å². The van der Waals surface area contributed by atoms with Gasteiger partial charge in [-0.3, -0.25) is 19.1 Å². The third-order valence-corrected chi connectivity index (χ3v) is 5.48. The number of anilines is 1. The molecule has 0 atom stereocenters. The molecule has 1 aromatic carbocycles. The van der Waals surface area contributed by atoms with Gasteiger partial charge in [-0.25, -0.2) is 9.97 Å². The quantitative estimate of drug-likeness (QED) is 0.666. The van der Waals surface area contributed by atoms with Gasteiger partial charge in [-0.2, -0.15) is 0 Å². The molecule has 1 aliphatic heterocycles. The molecule has 1 saturated heterocycles. The van der Waals surface area contributed by atoms with E-state index in [9.17, 15) is 9.59 Å². The maximum Gasteiger partial charge on any atom is 0.261 e. The van der Waals surface area contributed by atoms with E-state index in [0.29, 0.717) is 11.9 Å². The van der Waals surface area contributed by atoms with Crippen LogP contribution in [0.15, 0.2) is 46.5 Å². The molecule has 0 N–H and O–H groups in total. The summed E-state index contributed by atoms with van der Waals surface area (Å²) in [4.78, 5) is 37.8. The minimum absolute atomic E-state index is 0.00266. The molecule has 29 heavy (non-hydrogen) atoms. The fourth-order valence-corrected chi connectivity index (χ4v) is 3.67. The zero-order valence-corrected chi connectivity index (χ0v) is 17.1. The van der Waals surface area contributed by atoms with Crippen molar-refractivity contribution in [2.24, 2.45) is 7.05 Å². The van der Waals surface area contributed by atoms with Crippen LogP contribution in [0, 0.1) is 0 Å². The summed E-state index contributed by atoms with van der Waals surface area (Å²) in [5.41, 5.74) is 2.59. The minimum atomic E-state index is -0.0335. The molecule has 4 rings (SSSR count). The number of benzene rings is 1. The van der Waals surface area contributed by atoms with E-state index in [2.05, 4.69) is 19.8 Å². The standard InChI is InChI=1S/C21H26N6O2/c1-15(2)27-14-23-19-11-17(4-5-18(19)21(27)29)26-8-6-25(7-9-26)12-16-10-20(28)24(3)13-22-16/h4-5,10-11,13-15H,6-9,12H2,1-3H3. The fourth-order valence-electron chi connectivity index (χ4n) is 3.67. The van der Waals surface area contributed by atoms with Crippen LogP contribution in [0.25, 0.3) is 10.9 Å². The first-order valence-electron chi connectivity index (χ1n) is 9.92. The number of piperazine rings is 1. The molecule has 0 aliphatic carbocycles. The highest BCUT2D eigenvalue weighted by atomic mass is 16.1. The largest absolute Gasteiger partial charge is 0.369 e. The molecule has 3 aromatic rings. The Bertz CT molecular complexity index is 1140. The van der Waals surface area contributed by atoms with Gasteiger partial charge in [-0.15, -0.1) is 0 Å². The summed E-state index contributed by atoms with van der Waals surface area (Å²) in [7, 11) is 1.70. The van der Waals surface area contributed by atoms with Gasteiger partial charge in [0.2, 0.25) is 0 Å². The van der Waals surface area contributed by atoms with Crippen LogP contribution in [0.3, 0.4) is 0 Å². The summed E-state index contributed by atoms with van der Waals surface area (Å²) < 4.78 is 3.14. The van der Waals surface area contributed by atoms with Crippen molar-refractivity contribution in [2.45, 2.75) is 26.4 Å². The lowest BCUT2D eigenvalue weighted by molar-refractivity contribution is 0.246. The highest BCUT2D eigenvalue weighted by Crippen LogP contribution is 2.21. The Hall–Kier alpha value is -3.00. The summed E-state index contributed by atoms with van der Waals surface area (Å²) in [6, 6.07) is 7.58. The van der Waals surface area contributed by atoms with Crippen molar-refractivity contribution in [3.8, 4) is 0 Å². The average molecular weight is 394 g/mol. The Balaban J connectivity index is 1.46. The minimum Gasteiger partial charge on any atom is -0.369 e. The molecule has 0 spiro atoms. The molecule has 8 nitrogen and oxygen atoms in total. The van der Waals surface area contributed by atoms with Gasteiger partial charge in [0.1, 0.15) is 0 Å². The van der Waals surface area contributed by atoms with Crippen LogP contribution in [0.1, 0.15) is 25.6 Å². The topological polar surface area (TPSA) is 76.3 Å². The highest BCUT2D eigenvalue weighted by molar-refractivity contribution is 5.81. The van der Waals surface area contributed by atoms with Crippen molar-refractivity contribution >= 4 is 16.6 Å². The number of fused-ring (bicyclic) bond motifs is 1. The van der Waals surface area contributed by atoms with E-state index in [1.165, 1.54) is 4.57 Å². The molecule has 0 unspecified atom stereocenters. The molecule has 1 aliphatic rings. The van der Waals surface area contributed by atoms with Crippen molar-refractivity contribution in [3.63, 3.8) is 0 Å². The van der Waals surface area contributed by atoms with Crippen molar-refractivity contribution in [3.05, 3.63) is 63.3 Å². The van der Waals surface area contributed by atoms with Crippen LogP contribution in [0.2, 0.25) is 0 Å². The summed E-state index contributed by atoms with van der Waals surface area (Å²) in [5.74, 6) is 0. The first-order valence-corrected chi connectivity index (χ1v) is 9.92. The van der Waals surface area contributed by atoms with Crippen LogP contribution in [-0.4, -0.2) is 50.2 Å². The van der Waals surface area contributed by atoms with Crippen molar-refractivity contribution in [1.29, 1.82) is 0 Å². The number of aryl methyl sites for hydroxylation is 1. The molecule has 0 radical (unpaired) electrons. The maximum atomic E-state index is 12.6. The van der Waals surface area contributed by atoms with Gasteiger partial charge in [0.25, 0.3) is 11.1 Å². The van der Waals surface area contributed by atoms with Crippen molar-refractivity contribution in [2.75, 3.05) is 31.1 Å². The third-order valence-electron chi connectivity index (χ3n) is 5.48. The van der Waals surface area contributed by atoms with Gasteiger partial charge in [0, 0.05) is 57.6 Å². The molecule has 0 amide bonds. The monoisotopic (exact) mass is 394 g/mol. The average Bonchev–Trinajstić information content (AvgIpc) is 2.71. The zero-order chi connectivity index (χ0) is 20.5. The molecule has 3 heterocycles. The van der Waals surface area contributed by atoms with Gasteiger partial charge < -0.3 is 9.47 Å². The predicted molar refractivity (Wildman–Crippen MR) is 113 cm³/mol. The number of aromatic nitrogens is 4. The SMILES string of the molecule is CC(C)n1cnc2cc(N3CCN(Cc4cc(=O)n(C)cn4)CC3)ccc2c1=O. The molecule has 0 saturated carbocycles. The lowest BCUT2D eigenvalue weighted by Gasteiger charge is -2.36.